The van der Waals surface area contributed by atoms with Crippen LogP contribution in [0, 0.1) is 0 Å². The Labute approximate surface area is 139 Å². The van der Waals surface area contributed by atoms with Gasteiger partial charge in [0.15, 0.2) is 5.82 Å². The molecular formula is C14H29ClN6O. The number of likely N-dealkylation sites (N-methyl/N-ethyl adjacent to an activating group) is 1. The molecule has 2 heterocycles. The van der Waals surface area contributed by atoms with E-state index in [1.54, 1.807) is 7.11 Å². The third-order valence-corrected chi connectivity index (χ3v) is 4.17. The highest BCUT2D eigenvalue weighted by Crippen LogP contribution is 2.25. The molecule has 8 heteroatoms. The van der Waals surface area contributed by atoms with Gasteiger partial charge in [-0.15, -0.1) is 17.5 Å². The van der Waals surface area contributed by atoms with Gasteiger partial charge in [-0.05, 0) is 23.9 Å². The van der Waals surface area contributed by atoms with Crippen LogP contribution in [0.2, 0.25) is 0 Å². The Morgan fingerprint density at radius 1 is 1.23 bits per heavy atom. The summed E-state index contributed by atoms with van der Waals surface area (Å²) in [4.78, 5) is 4.91. The lowest BCUT2D eigenvalue weighted by Crippen LogP contribution is -2.46. The van der Waals surface area contributed by atoms with Gasteiger partial charge in [0.05, 0.1) is 19.2 Å². The highest BCUT2D eigenvalue weighted by Gasteiger charge is 2.27. The predicted molar refractivity (Wildman–Crippen MR) is 88.3 cm³/mol. The first kappa shape index (κ1) is 19.3. The Balaban J connectivity index is 0.00000242. The first-order valence-corrected chi connectivity index (χ1v) is 7.93. The van der Waals surface area contributed by atoms with E-state index in [1.807, 2.05) is 4.68 Å². The van der Waals surface area contributed by atoms with Crippen LogP contribution in [0.25, 0.3) is 0 Å². The maximum absolute atomic E-state index is 5.15. The molecular weight excluding hydrogens is 304 g/mol. The average molecular weight is 333 g/mol. The SMILES string of the molecule is CCCCC(c1nnnn1CCOC)N1CCN(C)CC1.Cl. The number of nitrogens with zero attached hydrogens (tertiary/aromatic N) is 6. The topological polar surface area (TPSA) is 59.3 Å². The summed E-state index contributed by atoms with van der Waals surface area (Å²) in [5, 5.41) is 12.3. The van der Waals surface area contributed by atoms with Crippen LogP contribution in [0.3, 0.4) is 0 Å². The van der Waals surface area contributed by atoms with Crippen molar-refractivity contribution in [2.45, 2.75) is 38.8 Å². The van der Waals surface area contributed by atoms with Crippen molar-refractivity contribution in [1.82, 2.24) is 30.0 Å². The minimum absolute atomic E-state index is 0. The van der Waals surface area contributed by atoms with Crippen molar-refractivity contribution in [2.75, 3.05) is 46.9 Å². The van der Waals surface area contributed by atoms with Crippen LogP contribution in [-0.4, -0.2) is 77.0 Å². The second kappa shape index (κ2) is 10.1. The van der Waals surface area contributed by atoms with E-state index in [1.165, 1.54) is 12.8 Å². The summed E-state index contributed by atoms with van der Waals surface area (Å²) in [5.74, 6) is 0.991. The van der Waals surface area contributed by atoms with E-state index in [-0.39, 0.29) is 12.4 Å². The van der Waals surface area contributed by atoms with E-state index in [2.05, 4.69) is 39.3 Å². The molecule has 1 atom stereocenters. The lowest BCUT2D eigenvalue weighted by molar-refractivity contribution is 0.0969. The third kappa shape index (κ3) is 5.15. The Kier molecular flexibility index (Phi) is 8.85. The maximum atomic E-state index is 5.15. The van der Waals surface area contributed by atoms with Gasteiger partial charge in [0, 0.05) is 33.3 Å². The van der Waals surface area contributed by atoms with Gasteiger partial charge in [-0.2, -0.15) is 0 Å². The first-order valence-electron chi connectivity index (χ1n) is 7.93. The number of tetrazole rings is 1. The molecule has 2 rings (SSSR count). The van der Waals surface area contributed by atoms with Crippen molar-refractivity contribution in [1.29, 1.82) is 0 Å². The van der Waals surface area contributed by atoms with Gasteiger partial charge in [0.2, 0.25) is 0 Å². The molecule has 1 aromatic heterocycles. The van der Waals surface area contributed by atoms with Crippen LogP contribution in [-0.2, 0) is 11.3 Å². The number of ether oxygens (including phenoxy) is 1. The average Bonchev–Trinajstić information content (AvgIpc) is 2.95. The minimum Gasteiger partial charge on any atom is -0.383 e. The van der Waals surface area contributed by atoms with Crippen molar-refractivity contribution in [2.24, 2.45) is 0 Å². The smallest absolute Gasteiger partial charge is 0.168 e. The summed E-state index contributed by atoms with van der Waals surface area (Å²) in [6.07, 6.45) is 3.52. The predicted octanol–water partition coefficient (Wildman–Crippen LogP) is 1.22. The number of hydrogen-bond donors (Lipinski definition) is 0. The summed E-state index contributed by atoms with van der Waals surface area (Å²) in [6.45, 7) is 7.99. The van der Waals surface area contributed by atoms with E-state index < -0.39 is 0 Å². The highest BCUT2D eigenvalue weighted by atomic mass is 35.5. The summed E-state index contributed by atoms with van der Waals surface area (Å²) < 4.78 is 7.06. The molecule has 1 aliphatic rings. The van der Waals surface area contributed by atoms with Crippen molar-refractivity contribution < 1.29 is 4.74 Å². The first-order chi connectivity index (χ1) is 10.3. The van der Waals surface area contributed by atoms with Crippen LogP contribution in [0.15, 0.2) is 0 Å². The molecule has 0 bridgehead atoms. The summed E-state index contributed by atoms with van der Waals surface area (Å²) in [5.41, 5.74) is 0. The fourth-order valence-electron chi connectivity index (χ4n) is 2.79. The van der Waals surface area contributed by atoms with Gasteiger partial charge in [-0.25, -0.2) is 4.68 Å². The van der Waals surface area contributed by atoms with Crippen LogP contribution >= 0.6 is 12.4 Å². The Hall–Kier alpha value is -0.760. The number of piperazine rings is 1. The molecule has 1 saturated heterocycles. The van der Waals surface area contributed by atoms with E-state index >= 15 is 0 Å². The molecule has 7 nitrogen and oxygen atoms in total. The minimum atomic E-state index is 0. The third-order valence-electron chi connectivity index (χ3n) is 4.17. The van der Waals surface area contributed by atoms with E-state index in [0.29, 0.717) is 12.6 Å². The van der Waals surface area contributed by atoms with Crippen molar-refractivity contribution >= 4 is 12.4 Å². The van der Waals surface area contributed by atoms with Crippen LogP contribution < -0.4 is 0 Å². The fraction of sp³-hybridized carbons (Fsp3) is 0.929. The van der Waals surface area contributed by atoms with Crippen LogP contribution in [0.1, 0.15) is 38.1 Å². The molecule has 0 amide bonds. The Morgan fingerprint density at radius 2 is 1.95 bits per heavy atom. The van der Waals surface area contributed by atoms with Crippen molar-refractivity contribution in [3.63, 3.8) is 0 Å². The molecule has 1 aromatic rings. The Morgan fingerprint density at radius 3 is 2.59 bits per heavy atom. The number of methoxy groups -OCH3 is 1. The van der Waals surface area contributed by atoms with Gasteiger partial charge in [-0.1, -0.05) is 19.8 Å². The van der Waals surface area contributed by atoms with Gasteiger partial charge in [-0.3, -0.25) is 4.90 Å². The Bertz CT molecular complexity index is 408. The van der Waals surface area contributed by atoms with E-state index in [4.69, 9.17) is 4.74 Å². The molecule has 0 spiro atoms. The lowest BCUT2D eigenvalue weighted by atomic mass is 10.1. The lowest BCUT2D eigenvalue weighted by Gasteiger charge is -2.37. The molecule has 22 heavy (non-hydrogen) atoms. The molecule has 128 valence electrons. The zero-order valence-corrected chi connectivity index (χ0v) is 14.8. The quantitative estimate of drug-likeness (QED) is 0.713. The standard InChI is InChI=1S/C14H28N6O.ClH/c1-4-5-6-13(19-9-7-18(2)8-10-19)14-15-16-17-20(14)11-12-21-3;/h13H,4-12H2,1-3H3;1H. The largest absolute Gasteiger partial charge is 0.383 e. The maximum Gasteiger partial charge on any atom is 0.168 e. The molecule has 0 radical (unpaired) electrons. The normalized spacial score (nSPS) is 18.1. The van der Waals surface area contributed by atoms with E-state index in [0.717, 1.165) is 45.0 Å². The number of hydrogen-bond acceptors (Lipinski definition) is 6. The van der Waals surface area contributed by atoms with Gasteiger partial charge < -0.3 is 9.64 Å². The zero-order valence-electron chi connectivity index (χ0n) is 13.9. The summed E-state index contributed by atoms with van der Waals surface area (Å²) in [7, 11) is 3.89. The molecule has 0 N–H and O–H groups in total. The van der Waals surface area contributed by atoms with Gasteiger partial charge >= 0.3 is 0 Å². The summed E-state index contributed by atoms with van der Waals surface area (Å²) in [6, 6.07) is 0.325. The monoisotopic (exact) mass is 332 g/mol. The molecule has 0 aromatic carbocycles. The molecule has 0 aliphatic carbocycles. The van der Waals surface area contributed by atoms with Gasteiger partial charge in [0.25, 0.3) is 0 Å². The second-order valence-corrected chi connectivity index (χ2v) is 5.75. The fourth-order valence-corrected chi connectivity index (χ4v) is 2.79. The molecule has 1 aliphatic heterocycles. The van der Waals surface area contributed by atoms with E-state index in [9.17, 15) is 0 Å². The van der Waals surface area contributed by atoms with Crippen molar-refractivity contribution in [3.8, 4) is 0 Å². The number of aromatic nitrogens is 4. The van der Waals surface area contributed by atoms with Gasteiger partial charge in [0.1, 0.15) is 0 Å². The summed E-state index contributed by atoms with van der Waals surface area (Å²) >= 11 is 0. The number of halogens is 1. The van der Waals surface area contributed by atoms with Crippen LogP contribution in [0.4, 0.5) is 0 Å². The number of rotatable bonds is 8. The second-order valence-electron chi connectivity index (χ2n) is 5.75. The number of unbranched alkanes of at least 4 members (excludes halogenated alkanes) is 1. The van der Waals surface area contributed by atoms with Crippen LogP contribution in [0.5, 0.6) is 0 Å². The van der Waals surface area contributed by atoms with Crippen molar-refractivity contribution in [3.05, 3.63) is 5.82 Å². The zero-order chi connectivity index (χ0) is 15.1. The molecule has 1 unspecified atom stereocenters. The molecule has 1 fully saturated rings. The molecule has 0 saturated carbocycles. The highest BCUT2D eigenvalue weighted by molar-refractivity contribution is 5.85.